The van der Waals surface area contributed by atoms with Crippen LogP contribution >= 0.6 is 0 Å². The zero-order valence-corrected chi connectivity index (χ0v) is 18.4. The number of nitrogens with one attached hydrogen (secondary N) is 2. The molecule has 2 bridgehead atoms. The molecule has 4 heterocycles. The van der Waals surface area contributed by atoms with Crippen LogP contribution in [0, 0.1) is 11.7 Å². The number of hydrogen-bond donors (Lipinski definition) is 3. The predicted octanol–water partition coefficient (Wildman–Crippen LogP) is 3.82. The summed E-state index contributed by atoms with van der Waals surface area (Å²) in [6.07, 6.45) is -1.10. The monoisotopic (exact) mass is 488 g/mol. The van der Waals surface area contributed by atoms with Crippen LogP contribution < -0.4 is 20.7 Å². The van der Waals surface area contributed by atoms with Crippen molar-refractivity contribution in [3.05, 3.63) is 36.2 Å². The lowest BCUT2D eigenvalue weighted by Crippen LogP contribution is -2.41. The molecule has 4 aromatic rings. The lowest BCUT2D eigenvalue weighted by atomic mass is 10.0. The van der Waals surface area contributed by atoms with Gasteiger partial charge in [-0.3, -0.25) is 0 Å². The van der Waals surface area contributed by atoms with Crippen molar-refractivity contribution in [1.29, 1.82) is 0 Å². The summed E-state index contributed by atoms with van der Waals surface area (Å²) < 4.78 is 58.5. The minimum atomic E-state index is -4.67. The topological polar surface area (TPSA) is 118 Å². The number of piperidine rings is 1. The van der Waals surface area contributed by atoms with Gasteiger partial charge >= 0.3 is 12.2 Å². The summed E-state index contributed by atoms with van der Waals surface area (Å²) in [5, 5.41) is 4.22. The molecule has 1 aliphatic heterocycles. The number of aromatic nitrogens is 5. The van der Waals surface area contributed by atoms with Crippen LogP contribution in [0.2, 0.25) is 0 Å². The van der Waals surface area contributed by atoms with E-state index in [4.69, 9.17) is 10.5 Å². The average Bonchev–Trinajstić information content (AvgIpc) is 3.49. The van der Waals surface area contributed by atoms with E-state index in [9.17, 15) is 17.6 Å². The van der Waals surface area contributed by atoms with E-state index >= 15 is 0 Å². The smallest absolute Gasteiger partial charge is 0.421 e. The second kappa shape index (κ2) is 7.63. The molecule has 13 heteroatoms. The molecule has 1 saturated heterocycles. The second-order valence-corrected chi connectivity index (χ2v) is 8.85. The molecule has 3 atom stereocenters. The zero-order valence-electron chi connectivity index (χ0n) is 18.4. The van der Waals surface area contributed by atoms with Gasteiger partial charge < -0.3 is 25.7 Å². The molecule has 35 heavy (non-hydrogen) atoms. The number of benzene rings is 1. The fraction of sp³-hybridized carbons (Fsp3) is 0.364. The molecule has 1 aromatic carbocycles. The zero-order chi connectivity index (χ0) is 24.5. The van der Waals surface area contributed by atoms with Crippen molar-refractivity contribution in [3.63, 3.8) is 0 Å². The van der Waals surface area contributed by atoms with Crippen molar-refractivity contribution < 1.29 is 22.3 Å². The number of anilines is 2. The average molecular weight is 488 g/mol. The van der Waals surface area contributed by atoms with E-state index in [1.54, 1.807) is 7.05 Å². The summed E-state index contributed by atoms with van der Waals surface area (Å²) in [5.74, 6) is -0.876. The number of hydrogen-bond acceptors (Lipinski definition) is 8. The van der Waals surface area contributed by atoms with Gasteiger partial charge in [-0.25, -0.2) is 14.4 Å². The maximum atomic E-state index is 14.4. The molecule has 0 unspecified atom stereocenters. The third-order valence-corrected chi connectivity index (χ3v) is 6.71. The number of fused-ring (bicyclic) bond motifs is 5. The fourth-order valence-electron chi connectivity index (χ4n) is 5.15. The third-order valence-electron chi connectivity index (χ3n) is 6.71. The molecule has 1 aliphatic carbocycles. The summed E-state index contributed by atoms with van der Waals surface area (Å²) in [4.78, 5) is 21.0. The first kappa shape index (κ1) is 21.8. The molecule has 2 fully saturated rings. The van der Waals surface area contributed by atoms with Gasteiger partial charge in [0.05, 0.1) is 29.0 Å². The van der Waals surface area contributed by atoms with Gasteiger partial charge in [0, 0.05) is 31.1 Å². The van der Waals surface area contributed by atoms with Crippen LogP contribution in [0.3, 0.4) is 0 Å². The van der Waals surface area contributed by atoms with Crippen molar-refractivity contribution in [2.75, 3.05) is 23.8 Å². The van der Waals surface area contributed by atoms with Crippen LogP contribution in [0.5, 0.6) is 11.8 Å². The number of alkyl halides is 3. The van der Waals surface area contributed by atoms with Gasteiger partial charge in [-0.2, -0.15) is 23.1 Å². The summed E-state index contributed by atoms with van der Waals surface area (Å²) in [7, 11) is 1.69. The van der Waals surface area contributed by atoms with Crippen LogP contribution in [0.1, 0.15) is 18.7 Å². The largest absolute Gasteiger partial charge is 0.451 e. The Morgan fingerprint density at radius 2 is 1.94 bits per heavy atom. The van der Waals surface area contributed by atoms with E-state index < -0.39 is 17.8 Å². The van der Waals surface area contributed by atoms with E-state index in [0.29, 0.717) is 45.9 Å². The van der Waals surface area contributed by atoms with Crippen LogP contribution in [-0.2, 0) is 6.18 Å². The van der Waals surface area contributed by atoms with Crippen molar-refractivity contribution in [2.45, 2.75) is 31.1 Å². The molecule has 2 aliphatic rings. The molecule has 0 radical (unpaired) electrons. The van der Waals surface area contributed by atoms with Crippen molar-refractivity contribution in [1.82, 2.24) is 24.9 Å². The lowest BCUT2D eigenvalue weighted by Gasteiger charge is -2.31. The van der Waals surface area contributed by atoms with Crippen LogP contribution in [0.15, 0.2) is 24.5 Å². The first-order chi connectivity index (χ1) is 16.7. The standard InChI is InChI=1S/C22H20F4N8O/c1-28-15-4-10(23)3-13-16-18(31-17(13)15)32-21(35-12-6-29-20(30-7-12)22(24,25)26)33-19(16)34-8-9-2-11(34)5-14(9)27/h3-4,6-7,9,11,14,28H,2,5,8,27H2,1H3,(H,31,32,33)/t9-,11-,14-/m0/s1. The third kappa shape index (κ3) is 3.57. The van der Waals surface area contributed by atoms with Crippen molar-refractivity contribution in [2.24, 2.45) is 11.7 Å². The Hall–Kier alpha value is -3.74. The molecule has 1 saturated carbocycles. The number of rotatable bonds is 4. The second-order valence-electron chi connectivity index (χ2n) is 8.85. The van der Waals surface area contributed by atoms with Crippen LogP contribution in [-0.4, -0.2) is 50.6 Å². The van der Waals surface area contributed by atoms with Gasteiger partial charge in [0.1, 0.15) is 17.3 Å². The maximum Gasteiger partial charge on any atom is 0.451 e. The summed E-state index contributed by atoms with van der Waals surface area (Å²) in [6, 6.07) is 2.98. The Bertz CT molecular complexity index is 1440. The molecular formula is C22H20F4N8O. The van der Waals surface area contributed by atoms with E-state index in [-0.39, 0.29) is 23.8 Å². The van der Waals surface area contributed by atoms with Crippen LogP contribution in [0.25, 0.3) is 21.9 Å². The molecule has 9 nitrogen and oxygen atoms in total. The molecule has 182 valence electrons. The number of ether oxygens (including phenoxy) is 1. The van der Waals surface area contributed by atoms with E-state index in [0.717, 1.165) is 25.2 Å². The Morgan fingerprint density at radius 1 is 1.17 bits per heavy atom. The van der Waals surface area contributed by atoms with Gasteiger partial charge in [-0.1, -0.05) is 0 Å². The number of halogens is 4. The number of nitrogens with zero attached hydrogens (tertiary/aromatic N) is 5. The predicted molar refractivity (Wildman–Crippen MR) is 120 cm³/mol. The molecular weight excluding hydrogens is 468 g/mol. The van der Waals surface area contributed by atoms with Gasteiger partial charge in [-0.15, -0.1) is 0 Å². The Labute approximate surface area is 195 Å². The van der Waals surface area contributed by atoms with E-state index in [1.165, 1.54) is 12.1 Å². The SMILES string of the molecule is CNc1cc(F)cc2c1[nH]c1nc(Oc3cnc(C(F)(F)F)nc3)nc(N3C[C@@H]4C[C@H]3C[C@@H]4N)c12. The fourth-order valence-corrected chi connectivity index (χ4v) is 5.15. The molecule has 3 aromatic heterocycles. The van der Waals surface area contributed by atoms with Gasteiger partial charge in [0.2, 0.25) is 5.82 Å². The lowest BCUT2D eigenvalue weighted by molar-refractivity contribution is -0.145. The Morgan fingerprint density at radius 3 is 2.57 bits per heavy atom. The molecule has 0 spiro atoms. The molecule has 0 amide bonds. The number of H-pyrrole nitrogens is 1. The van der Waals surface area contributed by atoms with Crippen LogP contribution in [0.4, 0.5) is 29.1 Å². The highest BCUT2D eigenvalue weighted by atomic mass is 19.4. The van der Waals surface area contributed by atoms with Gasteiger partial charge in [0.15, 0.2) is 5.75 Å². The Balaban J connectivity index is 1.48. The van der Waals surface area contributed by atoms with E-state index in [1.807, 2.05) is 0 Å². The molecule has 6 rings (SSSR count). The van der Waals surface area contributed by atoms with Gasteiger partial charge in [0.25, 0.3) is 0 Å². The minimum absolute atomic E-state index is 0.0497. The summed E-state index contributed by atoms with van der Waals surface area (Å²) >= 11 is 0. The highest BCUT2D eigenvalue weighted by molar-refractivity contribution is 6.14. The highest BCUT2D eigenvalue weighted by Crippen LogP contribution is 2.44. The normalized spacial score (nSPS) is 21.9. The quantitative estimate of drug-likeness (QED) is 0.371. The van der Waals surface area contributed by atoms with E-state index in [2.05, 4.69) is 35.1 Å². The molecule has 4 N–H and O–H groups in total. The summed E-state index contributed by atoms with van der Waals surface area (Å²) in [6.45, 7) is 0.682. The maximum absolute atomic E-state index is 14.4. The number of aromatic amines is 1. The first-order valence-electron chi connectivity index (χ1n) is 11.0. The first-order valence-corrected chi connectivity index (χ1v) is 11.0. The van der Waals surface area contributed by atoms with Crippen molar-refractivity contribution >= 4 is 33.4 Å². The number of nitrogens with two attached hydrogens (primary N) is 1. The van der Waals surface area contributed by atoms with Crippen molar-refractivity contribution in [3.8, 4) is 11.8 Å². The summed E-state index contributed by atoms with van der Waals surface area (Å²) in [5.41, 5.74) is 7.84. The highest BCUT2D eigenvalue weighted by Gasteiger charge is 2.44. The Kier molecular flexibility index (Phi) is 4.75. The minimum Gasteiger partial charge on any atom is -0.421 e. The van der Waals surface area contributed by atoms with Gasteiger partial charge in [-0.05, 0) is 30.9 Å².